The summed E-state index contributed by atoms with van der Waals surface area (Å²) in [6.45, 7) is 0.721. The van der Waals surface area contributed by atoms with Gasteiger partial charge >= 0.3 is 0 Å². The van der Waals surface area contributed by atoms with Crippen LogP contribution in [0.5, 0.6) is 0 Å². The summed E-state index contributed by atoms with van der Waals surface area (Å²) in [6, 6.07) is 7.71. The standard InChI is InChI=1S/C13H16ClN3OS2/c14-10-3-5-11(6-4-10)20-8-7-15-13(19)17-16-12(18)9-1-2-9/h3-6,9H,1-2,7-8H2,(H,16,18)(H2,15,17,19). The molecule has 0 bridgehead atoms. The van der Waals surface area contributed by atoms with Crippen molar-refractivity contribution >= 4 is 46.6 Å². The number of carbonyl (C=O) groups is 1. The molecule has 0 atom stereocenters. The quantitative estimate of drug-likeness (QED) is 0.335. The summed E-state index contributed by atoms with van der Waals surface area (Å²) >= 11 is 12.6. The van der Waals surface area contributed by atoms with E-state index in [1.807, 2.05) is 24.3 Å². The summed E-state index contributed by atoms with van der Waals surface area (Å²) in [7, 11) is 0. The molecule has 1 amide bonds. The Morgan fingerprint density at radius 3 is 2.65 bits per heavy atom. The van der Waals surface area contributed by atoms with Gasteiger partial charge in [-0.25, -0.2) is 0 Å². The molecule has 1 aromatic rings. The number of hydrazine groups is 1. The minimum Gasteiger partial charge on any atom is -0.361 e. The molecule has 0 aliphatic heterocycles. The smallest absolute Gasteiger partial charge is 0.241 e. The number of benzene rings is 1. The van der Waals surface area contributed by atoms with E-state index in [1.54, 1.807) is 11.8 Å². The first-order valence-corrected chi connectivity index (χ1v) is 8.14. The minimum absolute atomic E-state index is 0.0182. The number of thiocarbonyl (C=S) groups is 1. The van der Waals surface area contributed by atoms with Gasteiger partial charge in [-0.3, -0.25) is 15.6 Å². The third kappa shape index (κ3) is 5.56. The lowest BCUT2D eigenvalue weighted by Crippen LogP contribution is -2.47. The molecular formula is C13H16ClN3OS2. The van der Waals surface area contributed by atoms with Crippen molar-refractivity contribution in [2.45, 2.75) is 17.7 Å². The molecule has 7 heteroatoms. The van der Waals surface area contributed by atoms with Gasteiger partial charge in [-0.1, -0.05) is 11.6 Å². The van der Waals surface area contributed by atoms with Crippen LogP contribution in [0.4, 0.5) is 0 Å². The monoisotopic (exact) mass is 329 g/mol. The van der Waals surface area contributed by atoms with Crippen LogP contribution in [0.2, 0.25) is 5.02 Å². The van der Waals surface area contributed by atoms with Crippen molar-refractivity contribution < 1.29 is 4.79 Å². The van der Waals surface area contributed by atoms with Crippen molar-refractivity contribution in [1.82, 2.24) is 16.2 Å². The second kappa shape index (κ2) is 7.71. The first kappa shape index (κ1) is 15.4. The van der Waals surface area contributed by atoms with E-state index in [1.165, 1.54) is 0 Å². The van der Waals surface area contributed by atoms with E-state index in [0.29, 0.717) is 5.11 Å². The Morgan fingerprint density at radius 2 is 2.00 bits per heavy atom. The molecule has 0 saturated heterocycles. The molecule has 1 aliphatic rings. The maximum atomic E-state index is 11.4. The molecule has 0 heterocycles. The summed E-state index contributed by atoms with van der Waals surface area (Å²) < 4.78 is 0. The van der Waals surface area contributed by atoms with Crippen LogP contribution in [0.15, 0.2) is 29.2 Å². The SMILES string of the molecule is O=C(NNC(=S)NCCSc1ccc(Cl)cc1)C1CC1. The first-order valence-electron chi connectivity index (χ1n) is 6.37. The predicted octanol–water partition coefficient (Wildman–Crippen LogP) is 2.34. The van der Waals surface area contributed by atoms with Gasteiger partial charge in [-0.15, -0.1) is 11.8 Å². The largest absolute Gasteiger partial charge is 0.361 e. The van der Waals surface area contributed by atoms with Crippen molar-refractivity contribution in [1.29, 1.82) is 0 Å². The lowest BCUT2D eigenvalue weighted by Gasteiger charge is -2.11. The summed E-state index contributed by atoms with van der Waals surface area (Å²) in [5.41, 5.74) is 5.30. The Hall–Kier alpha value is -0.980. The van der Waals surface area contributed by atoms with Gasteiger partial charge in [0.1, 0.15) is 0 Å². The Balaban J connectivity index is 1.54. The molecule has 0 radical (unpaired) electrons. The van der Waals surface area contributed by atoms with E-state index in [4.69, 9.17) is 23.8 Å². The van der Waals surface area contributed by atoms with Gasteiger partial charge < -0.3 is 5.32 Å². The zero-order valence-electron chi connectivity index (χ0n) is 10.8. The third-order valence-corrected chi connectivity index (χ3v) is 4.23. The Morgan fingerprint density at radius 1 is 1.30 bits per heavy atom. The van der Waals surface area contributed by atoms with E-state index >= 15 is 0 Å². The molecule has 2 rings (SSSR count). The van der Waals surface area contributed by atoms with Gasteiger partial charge in [0.05, 0.1) is 0 Å². The van der Waals surface area contributed by atoms with Crippen molar-refractivity contribution in [2.75, 3.05) is 12.3 Å². The molecule has 1 fully saturated rings. The molecule has 1 saturated carbocycles. The fourth-order valence-corrected chi connectivity index (χ4v) is 2.52. The number of thioether (sulfide) groups is 1. The van der Waals surface area contributed by atoms with Gasteiger partial charge in [-0.2, -0.15) is 0 Å². The van der Waals surface area contributed by atoms with Crippen LogP contribution in [0.3, 0.4) is 0 Å². The number of rotatable bonds is 5. The number of hydrogen-bond acceptors (Lipinski definition) is 3. The van der Waals surface area contributed by atoms with Crippen molar-refractivity contribution in [2.24, 2.45) is 5.92 Å². The average molecular weight is 330 g/mol. The molecule has 1 aromatic carbocycles. The summed E-state index contributed by atoms with van der Waals surface area (Å²) in [6.07, 6.45) is 1.96. The minimum atomic E-state index is 0.0182. The van der Waals surface area contributed by atoms with Crippen LogP contribution in [-0.2, 0) is 4.79 Å². The van der Waals surface area contributed by atoms with Gasteiger partial charge in [0.15, 0.2) is 5.11 Å². The van der Waals surface area contributed by atoms with Crippen molar-refractivity contribution in [3.05, 3.63) is 29.3 Å². The fourth-order valence-electron chi connectivity index (χ4n) is 1.47. The highest BCUT2D eigenvalue weighted by Gasteiger charge is 2.29. The van der Waals surface area contributed by atoms with Gasteiger partial charge in [-0.05, 0) is 49.3 Å². The number of carbonyl (C=O) groups excluding carboxylic acids is 1. The molecule has 108 valence electrons. The molecule has 0 aromatic heterocycles. The average Bonchev–Trinajstić information content (AvgIpc) is 3.27. The van der Waals surface area contributed by atoms with E-state index < -0.39 is 0 Å². The second-order valence-electron chi connectivity index (χ2n) is 4.45. The molecule has 0 spiro atoms. The highest BCUT2D eigenvalue weighted by Crippen LogP contribution is 2.28. The normalized spacial score (nSPS) is 13.7. The Bertz CT molecular complexity index is 477. The van der Waals surface area contributed by atoms with Crippen molar-refractivity contribution in [3.63, 3.8) is 0 Å². The molecule has 1 aliphatic carbocycles. The lowest BCUT2D eigenvalue weighted by atomic mass is 10.4. The van der Waals surface area contributed by atoms with Crippen LogP contribution in [0.1, 0.15) is 12.8 Å². The van der Waals surface area contributed by atoms with Gasteiger partial charge in [0.25, 0.3) is 0 Å². The molecule has 20 heavy (non-hydrogen) atoms. The zero-order chi connectivity index (χ0) is 14.4. The maximum Gasteiger partial charge on any atom is 0.241 e. The second-order valence-corrected chi connectivity index (χ2v) is 6.46. The van der Waals surface area contributed by atoms with E-state index in [-0.39, 0.29) is 11.8 Å². The van der Waals surface area contributed by atoms with Crippen LogP contribution in [-0.4, -0.2) is 23.3 Å². The summed E-state index contributed by atoms with van der Waals surface area (Å²) in [4.78, 5) is 12.5. The maximum absolute atomic E-state index is 11.4. The number of hydrogen-bond donors (Lipinski definition) is 3. The van der Waals surface area contributed by atoms with Gasteiger partial charge in [0, 0.05) is 28.1 Å². The third-order valence-electron chi connectivity index (χ3n) is 2.72. The predicted molar refractivity (Wildman–Crippen MR) is 86.8 cm³/mol. The molecule has 4 nitrogen and oxygen atoms in total. The van der Waals surface area contributed by atoms with Crippen LogP contribution in [0.25, 0.3) is 0 Å². The molecule has 0 unspecified atom stereocenters. The lowest BCUT2D eigenvalue weighted by molar-refractivity contribution is -0.122. The molecule has 3 N–H and O–H groups in total. The molecular weight excluding hydrogens is 314 g/mol. The van der Waals surface area contributed by atoms with E-state index in [9.17, 15) is 4.79 Å². The first-order chi connectivity index (χ1) is 9.65. The summed E-state index contributed by atoms with van der Waals surface area (Å²) in [5, 5.41) is 4.22. The van der Waals surface area contributed by atoms with E-state index in [0.717, 1.165) is 35.1 Å². The van der Waals surface area contributed by atoms with Crippen LogP contribution >= 0.6 is 35.6 Å². The number of amides is 1. The van der Waals surface area contributed by atoms with E-state index in [2.05, 4.69) is 16.2 Å². The Kier molecular flexibility index (Phi) is 5.94. The van der Waals surface area contributed by atoms with Gasteiger partial charge in [0.2, 0.25) is 5.91 Å². The van der Waals surface area contributed by atoms with Crippen molar-refractivity contribution in [3.8, 4) is 0 Å². The zero-order valence-corrected chi connectivity index (χ0v) is 13.2. The highest BCUT2D eigenvalue weighted by atomic mass is 35.5. The highest BCUT2D eigenvalue weighted by molar-refractivity contribution is 7.99. The van der Waals surface area contributed by atoms with Crippen LogP contribution in [0, 0.1) is 5.92 Å². The topological polar surface area (TPSA) is 53.2 Å². The number of nitrogens with one attached hydrogen (secondary N) is 3. The number of halogens is 1. The Labute approximate surface area is 133 Å². The summed E-state index contributed by atoms with van der Waals surface area (Å²) in [5.74, 6) is 1.07. The fraction of sp³-hybridized carbons (Fsp3) is 0.385. The van der Waals surface area contributed by atoms with Crippen LogP contribution < -0.4 is 16.2 Å².